The second-order valence-corrected chi connectivity index (χ2v) is 3.48. The lowest BCUT2D eigenvalue weighted by Gasteiger charge is -2.04. The molecule has 17 heavy (non-hydrogen) atoms. The summed E-state index contributed by atoms with van der Waals surface area (Å²) in [5.41, 5.74) is -0.398. The Morgan fingerprint density at radius 2 is 1.59 bits per heavy atom. The van der Waals surface area contributed by atoms with E-state index in [0.29, 0.717) is 0 Å². The standard InChI is InChI=1S/C12H10O5/c1-6(2)10(13)7-3-4-8(11(14)15)9(5-7)12(16)17/h3-5H,1H2,2H3,(H,14,15)(H,16,17). The highest BCUT2D eigenvalue weighted by Crippen LogP contribution is 2.15. The third-order valence-electron chi connectivity index (χ3n) is 2.13. The van der Waals surface area contributed by atoms with Crippen LogP contribution < -0.4 is 0 Å². The van der Waals surface area contributed by atoms with Crippen molar-refractivity contribution in [2.24, 2.45) is 0 Å². The number of carbonyl (C=O) groups is 3. The first-order chi connectivity index (χ1) is 7.84. The summed E-state index contributed by atoms with van der Waals surface area (Å²) >= 11 is 0. The number of rotatable bonds is 4. The highest BCUT2D eigenvalue weighted by Gasteiger charge is 2.18. The number of hydrogen-bond donors (Lipinski definition) is 2. The fraction of sp³-hybridized carbons (Fsp3) is 0.0833. The maximum atomic E-state index is 11.6. The molecular weight excluding hydrogens is 224 g/mol. The highest BCUT2D eigenvalue weighted by atomic mass is 16.4. The van der Waals surface area contributed by atoms with Crippen molar-refractivity contribution in [3.8, 4) is 0 Å². The first kappa shape index (κ1) is 12.6. The van der Waals surface area contributed by atoms with E-state index in [-0.39, 0.29) is 16.7 Å². The Kier molecular flexibility index (Phi) is 3.43. The monoisotopic (exact) mass is 234 g/mol. The van der Waals surface area contributed by atoms with Crippen LogP contribution in [0.15, 0.2) is 30.4 Å². The van der Waals surface area contributed by atoms with Gasteiger partial charge in [-0.3, -0.25) is 4.79 Å². The molecule has 0 unspecified atom stereocenters. The van der Waals surface area contributed by atoms with Crippen LogP contribution in [0, 0.1) is 0 Å². The summed E-state index contributed by atoms with van der Waals surface area (Å²) in [5, 5.41) is 17.6. The Balaban J connectivity index is 3.38. The molecule has 88 valence electrons. The lowest BCUT2D eigenvalue weighted by molar-refractivity contribution is 0.0651. The Labute approximate surface area is 97.0 Å². The third kappa shape index (κ3) is 2.57. The smallest absolute Gasteiger partial charge is 0.336 e. The minimum absolute atomic E-state index is 0.111. The molecule has 5 heteroatoms. The number of benzene rings is 1. The van der Waals surface area contributed by atoms with Gasteiger partial charge in [0.25, 0.3) is 0 Å². The van der Waals surface area contributed by atoms with Crippen molar-refractivity contribution in [3.63, 3.8) is 0 Å². The lowest BCUT2D eigenvalue weighted by atomic mass is 9.99. The SMILES string of the molecule is C=C(C)C(=O)c1ccc(C(=O)O)c(C(=O)O)c1. The minimum atomic E-state index is -1.39. The van der Waals surface area contributed by atoms with E-state index in [1.54, 1.807) is 0 Å². The van der Waals surface area contributed by atoms with E-state index in [2.05, 4.69) is 6.58 Å². The molecule has 2 N–H and O–H groups in total. The maximum absolute atomic E-state index is 11.6. The second kappa shape index (κ2) is 4.61. The van der Waals surface area contributed by atoms with Gasteiger partial charge in [0.05, 0.1) is 11.1 Å². The molecule has 0 saturated carbocycles. The number of carbonyl (C=O) groups excluding carboxylic acids is 1. The topological polar surface area (TPSA) is 91.7 Å². The molecule has 0 aliphatic carbocycles. The molecule has 1 aromatic carbocycles. The number of ketones is 1. The van der Waals surface area contributed by atoms with Gasteiger partial charge < -0.3 is 10.2 Å². The molecule has 0 aliphatic rings. The summed E-state index contributed by atoms with van der Waals surface area (Å²) in [6.45, 7) is 4.94. The zero-order chi connectivity index (χ0) is 13.2. The highest BCUT2D eigenvalue weighted by molar-refractivity contribution is 6.10. The summed E-state index contributed by atoms with van der Waals surface area (Å²) < 4.78 is 0. The van der Waals surface area contributed by atoms with E-state index in [4.69, 9.17) is 10.2 Å². The number of Topliss-reactive ketones (excluding diaryl/α,β-unsaturated/α-hetero) is 1. The number of carboxylic acids is 2. The molecule has 0 heterocycles. The maximum Gasteiger partial charge on any atom is 0.336 e. The third-order valence-corrected chi connectivity index (χ3v) is 2.13. The van der Waals surface area contributed by atoms with Crippen LogP contribution in [0.3, 0.4) is 0 Å². The fourth-order valence-electron chi connectivity index (χ4n) is 1.30. The second-order valence-electron chi connectivity index (χ2n) is 3.48. The Morgan fingerprint density at radius 3 is 2.00 bits per heavy atom. The van der Waals surface area contributed by atoms with Crippen LogP contribution in [0.2, 0.25) is 0 Å². The van der Waals surface area contributed by atoms with E-state index >= 15 is 0 Å². The molecule has 0 aromatic heterocycles. The quantitative estimate of drug-likeness (QED) is 0.612. The average Bonchev–Trinajstić information content (AvgIpc) is 2.26. The molecule has 0 amide bonds. The molecule has 0 saturated heterocycles. The molecule has 0 spiro atoms. The summed E-state index contributed by atoms with van der Waals surface area (Å²) in [6, 6.07) is 3.41. The Hall–Kier alpha value is -2.43. The van der Waals surface area contributed by atoms with Crippen molar-refractivity contribution in [2.75, 3.05) is 0 Å². The number of hydrogen-bond acceptors (Lipinski definition) is 3. The molecule has 0 bridgehead atoms. The summed E-state index contributed by atoms with van der Waals surface area (Å²) in [5.74, 6) is -3.15. The van der Waals surface area contributed by atoms with Gasteiger partial charge in [0.2, 0.25) is 0 Å². The molecule has 1 aromatic rings. The van der Waals surface area contributed by atoms with Crippen molar-refractivity contribution >= 4 is 17.7 Å². The van der Waals surface area contributed by atoms with Crippen LogP contribution in [0.4, 0.5) is 0 Å². The molecule has 1 rings (SSSR count). The van der Waals surface area contributed by atoms with Gasteiger partial charge in [0.1, 0.15) is 0 Å². The van der Waals surface area contributed by atoms with Crippen LogP contribution in [0.25, 0.3) is 0 Å². The van der Waals surface area contributed by atoms with Crippen LogP contribution in [0.1, 0.15) is 38.0 Å². The van der Waals surface area contributed by atoms with Gasteiger partial charge >= 0.3 is 11.9 Å². The van der Waals surface area contributed by atoms with Crippen LogP contribution in [0.5, 0.6) is 0 Å². The van der Waals surface area contributed by atoms with Crippen molar-refractivity contribution in [3.05, 3.63) is 47.0 Å². The van der Waals surface area contributed by atoms with Crippen molar-refractivity contribution < 1.29 is 24.6 Å². The number of allylic oxidation sites excluding steroid dienone is 1. The predicted molar refractivity (Wildman–Crippen MR) is 59.5 cm³/mol. The van der Waals surface area contributed by atoms with Crippen molar-refractivity contribution in [2.45, 2.75) is 6.92 Å². The van der Waals surface area contributed by atoms with Crippen LogP contribution >= 0.6 is 0 Å². The van der Waals surface area contributed by atoms with Gasteiger partial charge in [0.15, 0.2) is 5.78 Å². The zero-order valence-electron chi connectivity index (χ0n) is 9.06. The first-order valence-electron chi connectivity index (χ1n) is 4.65. The molecule has 0 atom stereocenters. The van der Waals surface area contributed by atoms with E-state index in [1.165, 1.54) is 13.0 Å². The van der Waals surface area contributed by atoms with Gasteiger partial charge in [-0.1, -0.05) is 12.6 Å². The average molecular weight is 234 g/mol. The summed E-state index contributed by atoms with van der Waals surface area (Å²) in [6.07, 6.45) is 0. The van der Waals surface area contributed by atoms with Gasteiger partial charge in [-0.15, -0.1) is 0 Å². The number of aromatic carboxylic acids is 2. The first-order valence-corrected chi connectivity index (χ1v) is 4.65. The van der Waals surface area contributed by atoms with Crippen molar-refractivity contribution in [1.29, 1.82) is 0 Å². The number of carboxylic acid groups (broad SMARTS) is 2. The molecule has 5 nitrogen and oxygen atoms in total. The predicted octanol–water partition coefficient (Wildman–Crippen LogP) is 1.84. The van der Waals surface area contributed by atoms with Crippen LogP contribution in [-0.2, 0) is 0 Å². The normalized spacial score (nSPS) is 9.71. The van der Waals surface area contributed by atoms with E-state index in [9.17, 15) is 14.4 Å². The van der Waals surface area contributed by atoms with Gasteiger partial charge in [-0.05, 0) is 24.6 Å². The fourth-order valence-corrected chi connectivity index (χ4v) is 1.30. The minimum Gasteiger partial charge on any atom is -0.478 e. The largest absolute Gasteiger partial charge is 0.478 e. The zero-order valence-corrected chi connectivity index (χ0v) is 9.06. The molecular formula is C12H10O5. The molecule has 0 radical (unpaired) electrons. The summed E-state index contributed by atoms with van der Waals surface area (Å²) in [7, 11) is 0. The molecule has 0 fully saturated rings. The Bertz CT molecular complexity index is 528. The van der Waals surface area contributed by atoms with E-state index < -0.39 is 23.3 Å². The van der Waals surface area contributed by atoms with Crippen LogP contribution in [-0.4, -0.2) is 27.9 Å². The lowest BCUT2D eigenvalue weighted by Crippen LogP contribution is -2.10. The Morgan fingerprint density at radius 1 is 1.06 bits per heavy atom. The van der Waals surface area contributed by atoms with Crippen molar-refractivity contribution in [1.82, 2.24) is 0 Å². The molecule has 0 aliphatic heterocycles. The summed E-state index contributed by atoms with van der Waals surface area (Å²) in [4.78, 5) is 33.2. The van der Waals surface area contributed by atoms with Gasteiger partial charge in [0, 0.05) is 5.56 Å². The van der Waals surface area contributed by atoms with Gasteiger partial charge in [-0.25, -0.2) is 9.59 Å². The van der Waals surface area contributed by atoms with E-state index in [1.807, 2.05) is 0 Å². The van der Waals surface area contributed by atoms with Gasteiger partial charge in [-0.2, -0.15) is 0 Å². The van der Waals surface area contributed by atoms with E-state index in [0.717, 1.165) is 12.1 Å².